The molecule has 1 aromatic carbocycles. The van der Waals surface area contributed by atoms with Crippen molar-refractivity contribution in [3.63, 3.8) is 0 Å². The highest BCUT2D eigenvalue weighted by molar-refractivity contribution is 5.94. The molecule has 2 fully saturated rings. The Morgan fingerprint density at radius 2 is 1.81 bits per heavy atom. The molecule has 1 amide bonds. The van der Waals surface area contributed by atoms with E-state index in [-0.39, 0.29) is 11.7 Å². The normalized spacial score (nSPS) is 22.6. The zero-order valence-electron chi connectivity index (χ0n) is 15.7. The SMILES string of the molecule is O=C(c1nc(-c2ccc(F)cc2)n2c1CCCCC2)N1CCC(C2CC2)C1. The van der Waals surface area contributed by atoms with Gasteiger partial charge < -0.3 is 9.47 Å². The molecule has 3 aliphatic rings. The number of rotatable bonds is 3. The van der Waals surface area contributed by atoms with Crippen molar-refractivity contribution >= 4 is 5.91 Å². The minimum atomic E-state index is -0.249. The van der Waals surface area contributed by atoms with Crippen LogP contribution in [-0.4, -0.2) is 33.4 Å². The fraction of sp³-hybridized carbons (Fsp3) is 0.545. The van der Waals surface area contributed by atoms with E-state index < -0.39 is 0 Å². The number of carbonyl (C=O) groups is 1. The molecule has 1 unspecified atom stereocenters. The van der Waals surface area contributed by atoms with E-state index in [0.29, 0.717) is 11.6 Å². The molecule has 2 aromatic rings. The van der Waals surface area contributed by atoms with Gasteiger partial charge in [-0.05, 0) is 74.6 Å². The molecule has 0 bridgehead atoms. The summed E-state index contributed by atoms with van der Waals surface area (Å²) in [7, 11) is 0. The molecule has 4 nitrogen and oxygen atoms in total. The Labute approximate surface area is 159 Å². The molecule has 3 heterocycles. The van der Waals surface area contributed by atoms with Crippen LogP contribution in [0, 0.1) is 17.7 Å². The minimum Gasteiger partial charge on any atom is -0.337 e. The number of hydrogen-bond donors (Lipinski definition) is 0. The second kappa shape index (κ2) is 6.77. The summed E-state index contributed by atoms with van der Waals surface area (Å²) in [4.78, 5) is 20.1. The quantitative estimate of drug-likeness (QED) is 0.812. The van der Waals surface area contributed by atoms with Crippen molar-refractivity contribution in [2.24, 2.45) is 11.8 Å². The lowest BCUT2D eigenvalue weighted by Crippen LogP contribution is -2.30. The molecule has 1 aliphatic carbocycles. The highest BCUT2D eigenvalue weighted by atomic mass is 19.1. The number of aromatic nitrogens is 2. The molecule has 5 rings (SSSR count). The van der Waals surface area contributed by atoms with E-state index in [4.69, 9.17) is 4.98 Å². The first-order valence-electron chi connectivity index (χ1n) is 10.4. The molecule has 0 N–H and O–H groups in total. The molecule has 1 saturated heterocycles. The Morgan fingerprint density at radius 3 is 2.59 bits per heavy atom. The number of amides is 1. The third-order valence-corrected chi connectivity index (χ3v) is 6.47. The second-order valence-electron chi connectivity index (χ2n) is 8.34. The van der Waals surface area contributed by atoms with Crippen molar-refractivity contribution in [1.82, 2.24) is 14.5 Å². The molecule has 1 saturated carbocycles. The fourth-order valence-corrected chi connectivity index (χ4v) is 4.78. The van der Waals surface area contributed by atoms with Crippen LogP contribution in [0.15, 0.2) is 24.3 Å². The summed E-state index contributed by atoms with van der Waals surface area (Å²) in [6, 6.07) is 6.47. The first-order valence-corrected chi connectivity index (χ1v) is 10.4. The van der Waals surface area contributed by atoms with Crippen LogP contribution in [0.4, 0.5) is 4.39 Å². The first-order chi connectivity index (χ1) is 13.2. The van der Waals surface area contributed by atoms with Gasteiger partial charge in [0.1, 0.15) is 17.3 Å². The number of fused-ring (bicyclic) bond motifs is 1. The maximum absolute atomic E-state index is 13.4. The van der Waals surface area contributed by atoms with Crippen LogP contribution in [-0.2, 0) is 13.0 Å². The van der Waals surface area contributed by atoms with Gasteiger partial charge in [-0.1, -0.05) is 6.42 Å². The number of benzene rings is 1. The summed E-state index contributed by atoms with van der Waals surface area (Å²) < 4.78 is 15.6. The molecular weight excluding hydrogens is 341 g/mol. The van der Waals surface area contributed by atoms with E-state index in [2.05, 4.69) is 4.57 Å². The molecular formula is C22H26FN3O. The lowest BCUT2D eigenvalue weighted by molar-refractivity contribution is 0.0779. The van der Waals surface area contributed by atoms with Crippen LogP contribution in [0.5, 0.6) is 0 Å². The van der Waals surface area contributed by atoms with Crippen molar-refractivity contribution in [3.8, 4) is 11.4 Å². The molecule has 1 atom stereocenters. The average molecular weight is 367 g/mol. The summed E-state index contributed by atoms with van der Waals surface area (Å²) >= 11 is 0. The predicted octanol–water partition coefficient (Wildman–Crippen LogP) is 4.29. The Kier molecular flexibility index (Phi) is 4.25. The van der Waals surface area contributed by atoms with E-state index in [1.54, 1.807) is 12.1 Å². The van der Waals surface area contributed by atoms with Gasteiger partial charge in [0.15, 0.2) is 0 Å². The van der Waals surface area contributed by atoms with Gasteiger partial charge in [0, 0.05) is 25.2 Å². The van der Waals surface area contributed by atoms with E-state index >= 15 is 0 Å². The van der Waals surface area contributed by atoms with Gasteiger partial charge in [-0.15, -0.1) is 0 Å². The molecule has 2 aliphatic heterocycles. The van der Waals surface area contributed by atoms with Gasteiger partial charge in [-0.2, -0.15) is 0 Å². The standard InChI is InChI=1S/C22H26FN3O/c23-18-9-7-16(8-10-18)21-24-20(19-4-2-1-3-12-26(19)21)22(27)25-13-11-17(14-25)15-5-6-15/h7-10,15,17H,1-6,11-14H2. The Balaban J connectivity index is 1.50. The van der Waals surface area contributed by atoms with Crippen LogP contribution in [0.1, 0.15) is 54.7 Å². The lowest BCUT2D eigenvalue weighted by atomic mass is 10.0. The molecule has 27 heavy (non-hydrogen) atoms. The van der Waals surface area contributed by atoms with Crippen LogP contribution in [0.25, 0.3) is 11.4 Å². The predicted molar refractivity (Wildman–Crippen MR) is 102 cm³/mol. The highest BCUT2D eigenvalue weighted by Gasteiger charge is 2.38. The molecule has 5 heteroatoms. The summed E-state index contributed by atoms with van der Waals surface area (Å²) in [5, 5.41) is 0. The zero-order valence-corrected chi connectivity index (χ0v) is 15.7. The smallest absolute Gasteiger partial charge is 0.274 e. The molecule has 142 valence electrons. The highest BCUT2D eigenvalue weighted by Crippen LogP contribution is 2.41. The van der Waals surface area contributed by atoms with Gasteiger partial charge in [0.05, 0.1) is 5.69 Å². The van der Waals surface area contributed by atoms with Gasteiger partial charge in [0.2, 0.25) is 0 Å². The fourth-order valence-electron chi connectivity index (χ4n) is 4.78. The zero-order chi connectivity index (χ0) is 18.4. The average Bonchev–Trinajstić information content (AvgIpc) is 3.38. The molecule has 0 spiro atoms. The number of likely N-dealkylation sites (tertiary alicyclic amines) is 1. The largest absolute Gasteiger partial charge is 0.337 e. The summed E-state index contributed by atoms with van der Waals surface area (Å²) in [5.74, 6) is 2.19. The molecule has 0 radical (unpaired) electrons. The Bertz CT molecular complexity index is 853. The van der Waals surface area contributed by atoms with Crippen LogP contribution in [0.3, 0.4) is 0 Å². The first kappa shape index (κ1) is 17.0. The number of carbonyl (C=O) groups excluding carboxylic acids is 1. The van der Waals surface area contributed by atoms with Crippen molar-refractivity contribution in [1.29, 1.82) is 0 Å². The number of imidazole rings is 1. The van der Waals surface area contributed by atoms with Gasteiger partial charge in [0.25, 0.3) is 5.91 Å². The van der Waals surface area contributed by atoms with Crippen LogP contribution >= 0.6 is 0 Å². The summed E-state index contributed by atoms with van der Waals surface area (Å²) in [6.45, 7) is 2.63. The topological polar surface area (TPSA) is 38.1 Å². The maximum atomic E-state index is 13.4. The van der Waals surface area contributed by atoms with Crippen molar-refractivity contribution in [2.75, 3.05) is 13.1 Å². The number of hydrogen-bond acceptors (Lipinski definition) is 2. The molecule has 1 aromatic heterocycles. The van der Waals surface area contributed by atoms with Gasteiger partial charge in [-0.25, -0.2) is 9.37 Å². The second-order valence-corrected chi connectivity index (χ2v) is 8.34. The number of nitrogens with zero attached hydrogens (tertiary/aromatic N) is 3. The van der Waals surface area contributed by atoms with E-state index in [1.807, 2.05) is 4.90 Å². The van der Waals surface area contributed by atoms with Gasteiger partial charge >= 0.3 is 0 Å². The van der Waals surface area contributed by atoms with Gasteiger partial charge in [-0.3, -0.25) is 4.79 Å². The lowest BCUT2D eigenvalue weighted by Gasteiger charge is -2.16. The van der Waals surface area contributed by atoms with Crippen LogP contribution in [0.2, 0.25) is 0 Å². The Morgan fingerprint density at radius 1 is 1.00 bits per heavy atom. The third kappa shape index (κ3) is 3.17. The van der Waals surface area contributed by atoms with Crippen LogP contribution < -0.4 is 0 Å². The van der Waals surface area contributed by atoms with E-state index in [0.717, 1.165) is 68.3 Å². The van der Waals surface area contributed by atoms with E-state index in [1.165, 1.54) is 31.4 Å². The van der Waals surface area contributed by atoms with Crippen molar-refractivity contribution in [2.45, 2.75) is 51.5 Å². The van der Waals surface area contributed by atoms with E-state index in [9.17, 15) is 9.18 Å². The Hall–Kier alpha value is -2.17. The third-order valence-electron chi connectivity index (χ3n) is 6.47. The van der Waals surface area contributed by atoms with Crippen molar-refractivity contribution < 1.29 is 9.18 Å². The monoisotopic (exact) mass is 367 g/mol. The maximum Gasteiger partial charge on any atom is 0.274 e. The number of halogens is 1. The summed E-state index contributed by atoms with van der Waals surface area (Å²) in [6.07, 6.45) is 8.07. The summed E-state index contributed by atoms with van der Waals surface area (Å²) in [5.41, 5.74) is 2.59. The minimum absolute atomic E-state index is 0.0946. The van der Waals surface area contributed by atoms with Crippen molar-refractivity contribution in [3.05, 3.63) is 41.5 Å².